The molecule has 5 nitrogen and oxygen atoms in total. The summed E-state index contributed by atoms with van der Waals surface area (Å²) in [5.74, 6) is -1.27. The number of hydrogen-bond donors (Lipinski definition) is 3. The predicted octanol–water partition coefficient (Wildman–Crippen LogP) is 1.46. The van der Waals surface area contributed by atoms with Crippen molar-refractivity contribution in [2.45, 2.75) is 24.9 Å². The summed E-state index contributed by atoms with van der Waals surface area (Å²) < 4.78 is 40.7. The average molecular weight is 341 g/mol. The van der Waals surface area contributed by atoms with Crippen LogP contribution in [0, 0.1) is 0 Å². The monoisotopic (exact) mass is 340 g/mol. The molecule has 9 heteroatoms. The van der Waals surface area contributed by atoms with E-state index >= 15 is 0 Å². The van der Waals surface area contributed by atoms with Gasteiger partial charge in [-0.1, -0.05) is 12.1 Å². The molecule has 2 unspecified atom stereocenters. The second kappa shape index (κ2) is 7.66. The number of piperidine rings is 1. The number of rotatable bonds is 3. The van der Waals surface area contributed by atoms with Crippen molar-refractivity contribution in [2.75, 3.05) is 13.1 Å². The van der Waals surface area contributed by atoms with Gasteiger partial charge in [0.2, 0.25) is 0 Å². The van der Waals surface area contributed by atoms with Crippen LogP contribution in [-0.2, 0) is 0 Å². The van der Waals surface area contributed by atoms with Gasteiger partial charge < -0.3 is 20.5 Å². The predicted molar refractivity (Wildman–Crippen MR) is 75.1 cm³/mol. The number of carbonyl (C=O) groups excluding carboxylic acids is 1. The van der Waals surface area contributed by atoms with Gasteiger partial charge in [0.05, 0.1) is 17.7 Å². The number of nitrogens with one attached hydrogen (secondary N) is 2. The fourth-order valence-corrected chi connectivity index (χ4v) is 2.12. The second-order valence-electron chi connectivity index (χ2n) is 4.68. The summed E-state index contributed by atoms with van der Waals surface area (Å²) in [5, 5.41) is 15.2. The first-order valence-electron chi connectivity index (χ1n) is 6.41. The van der Waals surface area contributed by atoms with Gasteiger partial charge in [-0.05, 0) is 25.1 Å². The number of aliphatic hydroxyl groups is 1. The molecule has 3 N–H and O–H groups in total. The number of ether oxygens (including phenoxy) is 1. The van der Waals surface area contributed by atoms with Gasteiger partial charge in [0, 0.05) is 6.54 Å². The number of aliphatic hydroxyl groups excluding tert-OH is 1. The third-order valence-electron chi connectivity index (χ3n) is 3.12. The maximum absolute atomic E-state index is 12.3. The summed E-state index contributed by atoms with van der Waals surface area (Å²) >= 11 is 0. The van der Waals surface area contributed by atoms with Gasteiger partial charge in [0.1, 0.15) is 5.75 Å². The Bertz CT molecular complexity index is 514. The molecular weight excluding hydrogens is 325 g/mol. The quantitative estimate of drug-likeness (QED) is 0.779. The topological polar surface area (TPSA) is 70.6 Å². The van der Waals surface area contributed by atoms with E-state index in [0.717, 1.165) is 6.07 Å². The van der Waals surface area contributed by atoms with E-state index in [-0.39, 0.29) is 18.0 Å². The zero-order valence-corrected chi connectivity index (χ0v) is 12.2. The molecule has 0 aliphatic carbocycles. The molecular formula is C13H16ClF3N2O3. The van der Waals surface area contributed by atoms with E-state index in [1.54, 1.807) is 0 Å². The molecule has 2 rings (SSSR count). The highest BCUT2D eigenvalue weighted by Crippen LogP contribution is 2.26. The average Bonchev–Trinajstić information content (AvgIpc) is 2.40. The van der Waals surface area contributed by atoms with Crippen molar-refractivity contribution in [3.8, 4) is 5.75 Å². The van der Waals surface area contributed by atoms with Crippen molar-refractivity contribution >= 4 is 18.3 Å². The first-order valence-corrected chi connectivity index (χ1v) is 6.41. The second-order valence-corrected chi connectivity index (χ2v) is 4.68. The largest absolute Gasteiger partial charge is 0.573 e. The summed E-state index contributed by atoms with van der Waals surface area (Å²) in [6, 6.07) is 4.59. The standard InChI is InChI=1S/C13H15F3N2O3.ClH/c14-13(15,16)21-11-4-2-1-3-8(11)12(20)18-9-5-6-17-7-10(9)19;/h1-4,9-10,17,19H,5-7H2,(H,18,20);1H. The number of amides is 1. The van der Waals surface area contributed by atoms with Gasteiger partial charge in [-0.25, -0.2) is 0 Å². The van der Waals surface area contributed by atoms with Gasteiger partial charge >= 0.3 is 6.36 Å². The van der Waals surface area contributed by atoms with Crippen LogP contribution in [-0.4, -0.2) is 42.6 Å². The summed E-state index contributed by atoms with van der Waals surface area (Å²) in [4.78, 5) is 12.1. The molecule has 22 heavy (non-hydrogen) atoms. The van der Waals surface area contributed by atoms with Crippen molar-refractivity contribution in [1.82, 2.24) is 10.6 Å². The molecule has 1 aliphatic heterocycles. The van der Waals surface area contributed by atoms with Gasteiger partial charge in [-0.3, -0.25) is 4.79 Å². The lowest BCUT2D eigenvalue weighted by Gasteiger charge is -2.29. The van der Waals surface area contributed by atoms with E-state index in [1.807, 2.05) is 0 Å². The Morgan fingerprint density at radius 1 is 1.36 bits per heavy atom. The number of hydrogen-bond acceptors (Lipinski definition) is 4. The van der Waals surface area contributed by atoms with E-state index < -0.39 is 30.2 Å². The van der Waals surface area contributed by atoms with E-state index in [0.29, 0.717) is 19.5 Å². The Hall–Kier alpha value is -1.51. The van der Waals surface area contributed by atoms with Crippen LogP contribution in [0.2, 0.25) is 0 Å². The molecule has 1 aliphatic rings. The van der Waals surface area contributed by atoms with Crippen LogP contribution in [0.15, 0.2) is 24.3 Å². The minimum absolute atomic E-state index is 0. The zero-order chi connectivity index (χ0) is 15.5. The van der Waals surface area contributed by atoms with Crippen molar-refractivity contribution in [1.29, 1.82) is 0 Å². The fraction of sp³-hybridized carbons (Fsp3) is 0.462. The number of β-amino-alcohol motifs (C(OH)–C–C–N with tert-alkyl or cyclic N) is 1. The van der Waals surface area contributed by atoms with Crippen LogP contribution >= 0.6 is 12.4 Å². The lowest BCUT2D eigenvalue weighted by Crippen LogP contribution is -2.52. The number of para-hydroxylation sites is 1. The Morgan fingerprint density at radius 2 is 2.05 bits per heavy atom. The lowest BCUT2D eigenvalue weighted by atomic mass is 10.0. The maximum atomic E-state index is 12.3. The van der Waals surface area contributed by atoms with Gasteiger partial charge in [0.15, 0.2) is 0 Å². The molecule has 0 saturated carbocycles. The van der Waals surface area contributed by atoms with E-state index in [4.69, 9.17) is 0 Å². The van der Waals surface area contributed by atoms with Gasteiger partial charge in [-0.15, -0.1) is 25.6 Å². The van der Waals surface area contributed by atoms with Crippen molar-refractivity contribution < 1.29 is 27.8 Å². The Kier molecular flexibility index (Phi) is 6.46. The number of halogens is 4. The highest BCUT2D eigenvalue weighted by molar-refractivity contribution is 5.97. The first-order chi connectivity index (χ1) is 9.87. The number of carbonyl (C=O) groups is 1. The van der Waals surface area contributed by atoms with Crippen molar-refractivity contribution in [2.24, 2.45) is 0 Å². The lowest BCUT2D eigenvalue weighted by molar-refractivity contribution is -0.274. The van der Waals surface area contributed by atoms with Crippen LogP contribution < -0.4 is 15.4 Å². The Balaban J connectivity index is 0.00000242. The van der Waals surface area contributed by atoms with Crippen LogP contribution in [0.25, 0.3) is 0 Å². The molecule has 0 bridgehead atoms. The first kappa shape index (κ1) is 18.5. The van der Waals surface area contributed by atoms with E-state index in [9.17, 15) is 23.1 Å². The molecule has 1 saturated heterocycles. The number of alkyl halides is 3. The van der Waals surface area contributed by atoms with Gasteiger partial charge in [-0.2, -0.15) is 0 Å². The summed E-state index contributed by atoms with van der Waals surface area (Å²) in [6.07, 6.45) is -5.15. The third-order valence-corrected chi connectivity index (χ3v) is 3.12. The Labute approximate surface area is 131 Å². The van der Waals surface area contributed by atoms with Gasteiger partial charge in [0.25, 0.3) is 5.91 Å². The Morgan fingerprint density at radius 3 is 2.68 bits per heavy atom. The number of benzene rings is 1. The minimum atomic E-state index is -4.87. The molecule has 2 atom stereocenters. The molecule has 1 amide bonds. The highest BCUT2D eigenvalue weighted by atomic mass is 35.5. The molecule has 1 aromatic rings. The molecule has 124 valence electrons. The molecule has 1 heterocycles. The zero-order valence-electron chi connectivity index (χ0n) is 11.4. The normalized spacial score (nSPS) is 21.6. The smallest absolute Gasteiger partial charge is 0.405 e. The maximum Gasteiger partial charge on any atom is 0.573 e. The summed E-state index contributed by atoms with van der Waals surface area (Å²) in [7, 11) is 0. The molecule has 0 radical (unpaired) electrons. The van der Waals surface area contributed by atoms with Crippen LogP contribution in [0.5, 0.6) is 5.75 Å². The molecule has 1 aromatic carbocycles. The molecule has 0 aromatic heterocycles. The SMILES string of the molecule is Cl.O=C(NC1CCNCC1O)c1ccccc1OC(F)(F)F. The van der Waals surface area contributed by atoms with E-state index in [2.05, 4.69) is 15.4 Å². The summed E-state index contributed by atoms with van der Waals surface area (Å²) in [5.41, 5.74) is -0.222. The van der Waals surface area contributed by atoms with Crippen molar-refractivity contribution in [3.05, 3.63) is 29.8 Å². The van der Waals surface area contributed by atoms with Crippen LogP contribution in [0.1, 0.15) is 16.8 Å². The molecule has 1 fully saturated rings. The van der Waals surface area contributed by atoms with Crippen LogP contribution in [0.4, 0.5) is 13.2 Å². The summed E-state index contributed by atoms with van der Waals surface area (Å²) in [6.45, 7) is 0.939. The third kappa shape index (κ3) is 5.04. The van der Waals surface area contributed by atoms with E-state index in [1.165, 1.54) is 18.2 Å². The minimum Gasteiger partial charge on any atom is -0.405 e. The van der Waals surface area contributed by atoms with Crippen LogP contribution in [0.3, 0.4) is 0 Å². The highest BCUT2D eigenvalue weighted by Gasteiger charge is 2.33. The van der Waals surface area contributed by atoms with Crippen molar-refractivity contribution in [3.63, 3.8) is 0 Å². The fourth-order valence-electron chi connectivity index (χ4n) is 2.12. The molecule has 0 spiro atoms.